The lowest BCUT2D eigenvalue weighted by molar-refractivity contribution is -0.130. The van der Waals surface area contributed by atoms with Gasteiger partial charge < -0.3 is 20.2 Å². The van der Waals surface area contributed by atoms with Gasteiger partial charge in [-0.2, -0.15) is 0 Å². The number of para-hydroxylation sites is 1. The third kappa shape index (κ3) is 4.57. The molecule has 1 fully saturated rings. The summed E-state index contributed by atoms with van der Waals surface area (Å²) in [5.74, 6) is -0.356. The highest BCUT2D eigenvalue weighted by molar-refractivity contribution is 7.80. The third-order valence-corrected chi connectivity index (χ3v) is 6.93. The minimum absolute atomic E-state index is 0.0280. The molecule has 7 nitrogen and oxygen atoms in total. The van der Waals surface area contributed by atoms with Crippen molar-refractivity contribution in [2.75, 3.05) is 18.4 Å². The molecule has 1 atom stereocenters. The van der Waals surface area contributed by atoms with Crippen LogP contribution in [0.4, 0.5) is 5.69 Å². The van der Waals surface area contributed by atoms with Crippen molar-refractivity contribution >= 4 is 56.6 Å². The van der Waals surface area contributed by atoms with Crippen LogP contribution in [0.5, 0.6) is 0 Å². The summed E-state index contributed by atoms with van der Waals surface area (Å²) in [6.07, 6.45) is 6.99. The normalized spacial score (nSPS) is 15.9. The molecule has 0 bridgehead atoms. The molecule has 8 heteroatoms. The maximum absolute atomic E-state index is 13.3. The van der Waals surface area contributed by atoms with Crippen molar-refractivity contribution < 1.29 is 9.59 Å². The first-order chi connectivity index (χ1) is 17.0. The molecule has 2 amide bonds. The highest BCUT2D eigenvalue weighted by Crippen LogP contribution is 2.25. The van der Waals surface area contributed by atoms with Gasteiger partial charge in [0.1, 0.15) is 6.04 Å². The van der Waals surface area contributed by atoms with Gasteiger partial charge in [0.25, 0.3) is 5.91 Å². The van der Waals surface area contributed by atoms with E-state index < -0.39 is 6.04 Å². The van der Waals surface area contributed by atoms with E-state index in [1.165, 1.54) is 0 Å². The third-order valence-electron chi connectivity index (χ3n) is 6.48. The van der Waals surface area contributed by atoms with Crippen LogP contribution >= 0.6 is 12.2 Å². The quantitative estimate of drug-likeness (QED) is 0.239. The number of fused-ring (bicyclic) bond motifs is 2. The number of carbonyl (C=O) groups excluding carboxylic acids is 2. The molecule has 0 aliphatic carbocycles. The second-order valence-electron chi connectivity index (χ2n) is 8.70. The van der Waals surface area contributed by atoms with E-state index in [0.717, 1.165) is 27.4 Å². The zero-order valence-corrected chi connectivity index (χ0v) is 20.1. The molecule has 35 heavy (non-hydrogen) atoms. The Hall–Kier alpha value is -3.91. The molecule has 178 valence electrons. The summed E-state index contributed by atoms with van der Waals surface area (Å²) >= 11 is 5.70. The van der Waals surface area contributed by atoms with Gasteiger partial charge in [0, 0.05) is 47.6 Å². The van der Waals surface area contributed by atoms with Crippen LogP contribution in [-0.2, 0) is 16.0 Å². The standard InChI is InChI=1S/C27H27N5O2S/c1-2-3-13-32-26(34)24(16-25(33)30-20-9-8-18-10-12-28-23(18)15-20)31(27(32)35)14-11-19-17-29-22-7-5-4-6-21(19)22/h2,4-10,12,15,17,24,28-29H,1,3,11,13-14,16H2,(H,30,33). The van der Waals surface area contributed by atoms with Crippen LogP contribution in [0.25, 0.3) is 21.8 Å². The molecule has 0 spiro atoms. The average Bonchev–Trinajstić information content (AvgIpc) is 3.54. The zero-order valence-electron chi connectivity index (χ0n) is 19.3. The number of hydrogen-bond acceptors (Lipinski definition) is 3. The number of thiocarbonyl (C=S) groups is 1. The molecule has 3 heterocycles. The van der Waals surface area contributed by atoms with E-state index in [2.05, 4.69) is 27.9 Å². The monoisotopic (exact) mass is 485 g/mol. The molecule has 3 N–H and O–H groups in total. The number of anilines is 1. The molecule has 1 aliphatic heterocycles. The molecule has 1 aliphatic rings. The van der Waals surface area contributed by atoms with Gasteiger partial charge >= 0.3 is 0 Å². The first kappa shape index (κ1) is 22.9. The van der Waals surface area contributed by atoms with Crippen LogP contribution in [0.15, 0.2) is 73.6 Å². The van der Waals surface area contributed by atoms with Crippen molar-refractivity contribution in [1.29, 1.82) is 0 Å². The first-order valence-electron chi connectivity index (χ1n) is 11.7. The second-order valence-corrected chi connectivity index (χ2v) is 9.07. The Labute approximate surface area is 208 Å². The number of benzene rings is 2. The Morgan fingerprint density at radius 1 is 1.11 bits per heavy atom. The topological polar surface area (TPSA) is 84.2 Å². The van der Waals surface area contributed by atoms with Crippen molar-refractivity contribution in [3.63, 3.8) is 0 Å². The molecular formula is C27H27N5O2S. The predicted octanol–water partition coefficient (Wildman–Crippen LogP) is 4.59. The number of hydrogen-bond donors (Lipinski definition) is 3. The van der Waals surface area contributed by atoms with Gasteiger partial charge in [-0.1, -0.05) is 30.3 Å². The highest BCUT2D eigenvalue weighted by Gasteiger charge is 2.42. The number of carbonyl (C=O) groups is 2. The number of nitrogens with one attached hydrogen (secondary N) is 3. The summed E-state index contributed by atoms with van der Waals surface area (Å²) in [4.78, 5) is 36.2. The molecule has 0 radical (unpaired) electrons. The Balaban J connectivity index is 1.32. The van der Waals surface area contributed by atoms with Gasteiger partial charge in [0.15, 0.2) is 5.11 Å². The lowest BCUT2D eigenvalue weighted by atomic mass is 10.1. The fourth-order valence-corrected chi connectivity index (χ4v) is 5.06. The Bertz CT molecular complexity index is 1420. The number of nitrogens with zero attached hydrogens (tertiary/aromatic N) is 2. The van der Waals surface area contributed by atoms with Gasteiger partial charge in [0.05, 0.1) is 6.42 Å². The minimum Gasteiger partial charge on any atom is -0.361 e. The molecule has 2 aromatic heterocycles. The maximum Gasteiger partial charge on any atom is 0.252 e. The van der Waals surface area contributed by atoms with Crippen LogP contribution in [-0.4, -0.2) is 55.8 Å². The Morgan fingerprint density at radius 2 is 1.97 bits per heavy atom. The number of amides is 2. The van der Waals surface area contributed by atoms with E-state index >= 15 is 0 Å². The van der Waals surface area contributed by atoms with Crippen LogP contribution in [0.3, 0.4) is 0 Å². The van der Waals surface area contributed by atoms with Crippen molar-refractivity contribution in [2.24, 2.45) is 0 Å². The van der Waals surface area contributed by atoms with E-state index in [1.807, 2.05) is 59.8 Å². The van der Waals surface area contributed by atoms with Crippen molar-refractivity contribution in [1.82, 2.24) is 19.8 Å². The first-order valence-corrected chi connectivity index (χ1v) is 12.1. The maximum atomic E-state index is 13.3. The van der Waals surface area contributed by atoms with Crippen LogP contribution in [0, 0.1) is 0 Å². The molecule has 1 saturated heterocycles. The Kier molecular flexibility index (Phi) is 6.37. The summed E-state index contributed by atoms with van der Waals surface area (Å²) in [6, 6.07) is 15.2. The summed E-state index contributed by atoms with van der Waals surface area (Å²) in [5.41, 5.74) is 3.86. The lowest BCUT2D eigenvalue weighted by Gasteiger charge is -2.23. The number of aromatic nitrogens is 2. The van der Waals surface area contributed by atoms with E-state index in [9.17, 15) is 9.59 Å². The summed E-state index contributed by atoms with van der Waals surface area (Å²) in [5, 5.41) is 5.64. The van der Waals surface area contributed by atoms with Crippen LogP contribution < -0.4 is 5.32 Å². The van der Waals surface area contributed by atoms with Gasteiger partial charge in [-0.3, -0.25) is 14.5 Å². The second kappa shape index (κ2) is 9.76. The van der Waals surface area contributed by atoms with E-state index in [4.69, 9.17) is 12.2 Å². The summed E-state index contributed by atoms with van der Waals surface area (Å²) in [7, 11) is 0. The lowest BCUT2D eigenvalue weighted by Crippen LogP contribution is -2.39. The minimum atomic E-state index is -0.633. The van der Waals surface area contributed by atoms with E-state index in [-0.39, 0.29) is 18.2 Å². The SMILES string of the molecule is C=CCCN1C(=O)C(CC(=O)Nc2ccc3cc[nH]c3c2)N(CCc2c[nH]c3ccccc23)C1=S. The summed E-state index contributed by atoms with van der Waals surface area (Å²) in [6.45, 7) is 4.77. The van der Waals surface area contributed by atoms with Gasteiger partial charge in [-0.15, -0.1) is 6.58 Å². The zero-order chi connectivity index (χ0) is 24.4. The molecule has 4 aromatic rings. The Morgan fingerprint density at radius 3 is 2.83 bits per heavy atom. The fraction of sp³-hybridized carbons (Fsp3) is 0.222. The molecule has 0 saturated carbocycles. The van der Waals surface area contributed by atoms with Crippen LogP contribution in [0.2, 0.25) is 0 Å². The predicted molar refractivity (Wildman–Crippen MR) is 143 cm³/mol. The number of H-pyrrole nitrogens is 2. The van der Waals surface area contributed by atoms with Crippen molar-refractivity contribution in [2.45, 2.75) is 25.3 Å². The van der Waals surface area contributed by atoms with E-state index in [1.54, 1.807) is 11.0 Å². The van der Waals surface area contributed by atoms with Crippen molar-refractivity contribution in [3.05, 3.63) is 79.1 Å². The van der Waals surface area contributed by atoms with Crippen LogP contribution in [0.1, 0.15) is 18.4 Å². The number of rotatable bonds is 9. The number of aromatic amines is 2. The molecule has 5 rings (SSSR count). The molecular weight excluding hydrogens is 458 g/mol. The smallest absolute Gasteiger partial charge is 0.252 e. The molecule has 1 unspecified atom stereocenters. The highest BCUT2D eigenvalue weighted by atomic mass is 32.1. The summed E-state index contributed by atoms with van der Waals surface area (Å²) < 4.78 is 0. The average molecular weight is 486 g/mol. The molecule has 2 aromatic carbocycles. The fourth-order valence-electron chi connectivity index (χ4n) is 4.66. The van der Waals surface area contributed by atoms with E-state index in [0.29, 0.717) is 36.7 Å². The van der Waals surface area contributed by atoms with Gasteiger partial charge in [-0.05, 0) is 60.3 Å². The largest absolute Gasteiger partial charge is 0.361 e. The van der Waals surface area contributed by atoms with Gasteiger partial charge in [-0.25, -0.2) is 0 Å². The van der Waals surface area contributed by atoms with Crippen molar-refractivity contribution in [3.8, 4) is 0 Å². The van der Waals surface area contributed by atoms with Gasteiger partial charge in [0.2, 0.25) is 5.91 Å².